The second-order valence-corrected chi connectivity index (χ2v) is 6.48. The van der Waals surface area contributed by atoms with Crippen molar-refractivity contribution in [3.63, 3.8) is 0 Å². The second-order valence-electron chi connectivity index (χ2n) is 5.39. The molecule has 1 atom stereocenters. The number of hydrogen-bond donors (Lipinski definition) is 0. The molecule has 0 fully saturated rings. The van der Waals surface area contributed by atoms with Crippen molar-refractivity contribution in [1.82, 2.24) is 0 Å². The van der Waals surface area contributed by atoms with Gasteiger partial charge in [-0.3, -0.25) is 0 Å². The van der Waals surface area contributed by atoms with Crippen LogP contribution < -0.4 is 9.47 Å². The van der Waals surface area contributed by atoms with Crippen LogP contribution in [-0.2, 0) is 0 Å². The van der Waals surface area contributed by atoms with E-state index in [4.69, 9.17) is 32.7 Å². The molecule has 120 valence electrons. The Balaban J connectivity index is 2.80. The zero-order valence-corrected chi connectivity index (χ0v) is 14.9. The van der Waals surface area contributed by atoms with Gasteiger partial charge in [-0.2, -0.15) is 0 Å². The summed E-state index contributed by atoms with van der Waals surface area (Å²) in [7, 11) is 1.62. The fourth-order valence-corrected chi connectivity index (χ4v) is 2.63. The van der Waals surface area contributed by atoms with E-state index in [-0.39, 0.29) is 0 Å². The standard InChI is InChI=1S/C17H26Cl2O2/c1-5-7-8-13(6-2)11-21-15-10-14(17(18)19)16(20-4)9-12(15)3/h9-10,13,17H,5-8,11H2,1-4H3. The van der Waals surface area contributed by atoms with E-state index in [0.29, 0.717) is 11.7 Å². The lowest BCUT2D eigenvalue weighted by Gasteiger charge is -2.19. The summed E-state index contributed by atoms with van der Waals surface area (Å²) in [4.78, 5) is -0.620. The van der Waals surface area contributed by atoms with Gasteiger partial charge in [0, 0.05) is 5.56 Å². The van der Waals surface area contributed by atoms with Gasteiger partial charge < -0.3 is 9.47 Å². The van der Waals surface area contributed by atoms with Crippen LogP contribution in [0.15, 0.2) is 12.1 Å². The third-order valence-electron chi connectivity index (χ3n) is 3.78. The minimum atomic E-state index is -0.620. The minimum Gasteiger partial charge on any atom is -0.496 e. The maximum Gasteiger partial charge on any atom is 0.136 e. The fraction of sp³-hybridized carbons (Fsp3) is 0.647. The molecular weight excluding hydrogens is 307 g/mol. The molecule has 0 amide bonds. The lowest BCUT2D eigenvalue weighted by Crippen LogP contribution is -2.12. The molecule has 0 N–H and O–H groups in total. The zero-order valence-electron chi connectivity index (χ0n) is 13.4. The first-order chi connectivity index (χ1) is 10.0. The number of ether oxygens (including phenoxy) is 2. The molecule has 0 saturated carbocycles. The van der Waals surface area contributed by atoms with Crippen molar-refractivity contribution < 1.29 is 9.47 Å². The normalized spacial score (nSPS) is 12.5. The summed E-state index contributed by atoms with van der Waals surface area (Å²) in [5.41, 5.74) is 1.79. The predicted octanol–water partition coefficient (Wildman–Crippen LogP) is 6.08. The number of unbranched alkanes of at least 4 members (excludes halogenated alkanes) is 1. The molecule has 4 heteroatoms. The van der Waals surface area contributed by atoms with Gasteiger partial charge >= 0.3 is 0 Å². The Morgan fingerprint density at radius 3 is 2.38 bits per heavy atom. The van der Waals surface area contributed by atoms with Crippen LogP contribution in [0.2, 0.25) is 0 Å². The monoisotopic (exact) mass is 332 g/mol. The third-order valence-corrected chi connectivity index (χ3v) is 4.25. The molecule has 1 unspecified atom stereocenters. The summed E-state index contributed by atoms with van der Waals surface area (Å²) in [6.07, 6.45) is 4.82. The Hall–Kier alpha value is -0.600. The van der Waals surface area contributed by atoms with Crippen LogP contribution in [0.25, 0.3) is 0 Å². The summed E-state index contributed by atoms with van der Waals surface area (Å²) in [6.45, 7) is 7.17. The van der Waals surface area contributed by atoms with Crippen LogP contribution >= 0.6 is 23.2 Å². The second kappa shape index (κ2) is 9.42. The summed E-state index contributed by atoms with van der Waals surface area (Å²) < 4.78 is 11.3. The van der Waals surface area contributed by atoms with Gasteiger partial charge in [0.15, 0.2) is 0 Å². The molecule has 0 aliphatic carbocycles. The van der Waals surface area contributed by atoms with Crippen molar-refractivity contribution in [2.24, 2.45) is 5.92 Å². The molecule has 0 spiro atoms. The number of benzene rings is 1. The number of alkyl halides is 2. The van der Waals surface area contributed by atoms with Crippen molar-refractivity contribution in [3.8, 4) is 11.5 Å². The van der Waals surface area contributed by atoms with Crippen LogP contribution in [0.4, 0.5) is 0 Å². The predicted molar refractivity (Wildman–Crippen MR) is 91.0 cm³/mol. The topological polar surface area (TPSA) is 18.5 Å². The quantitative estimate of drug-likeness (QED) is 0.510. The van der Waals surface area contributed by atoms with Gasteiger partial charge in [0.2, 0.25) is 0 Å². The van der Waals surface area contributed by atoms with E-state index in [0.717, 1.165) is 29.9 Å². The maximum absolute atomic E-state index is 6.00. The van der Waals surface area contributed by atoms with E-state index < -0.39 is 4.84 Å². The van der Waals surface area contributed by atoms with Gasteiger partial charge in [0.1, 0.15) is 16.3 Å². The van der Waals surface area contributed by atoms with Crippen molar-refractivity contribution >= 4 is 23.2 Å². The van der Waals surface area contributed by atoms with Crippen LogP contribution in [0.5, 0.6) is 11.5 Å². The first-order valence-electron chi connectivity index (χ1n) is 7.62. The first kappa shape index (κ1) is 18.4. The van der Waals surface area contributed by atoms with Crippen molar-refractivity contribution in [3.05, 3.63) is 23.3 Å². The average molecular weight is 333 g/mol. The number of halogens is 2. The van der Waals surface area contributed by atoms with E-state index in [9.17, 15) is 0 Å². The molecule has 1 aromatic carbocycles. The molecule has 0 radical (unpaired) electrons. The molecule has 0 bridgehead atoms. The number of methoxy groups -OCH3 is 1. The maximum atomic E-state index is 6.00. The SMILES string of the molecule is CCCCC(CC)COc1cc(C(Cl)Cl)c(OC)cc1C. The van der Waals surface area contributed by atoms with Gasteiger partial charge in [-0.15, -0.1) is 0 Å². The summed E-state index contributed by atoms with van der Waals surface area (Å²) in [6, 6.07) is 3.82. The van der Waals surface area contributed by atoms with Crippen molar-refractivity contribution in [1.29, 1.82) is 0 Å². The van der Waals surface area contributed by atoms with Crippen LogP contribution in [0.3, 0.4) is 0 Å². The molecular formula is C17H26Cl2O2. The highest BCUT2D eigenvalue weighted by Gasteiger charge is 2.15. The Bertz CT molecular complexity index is 433. The van der Waals surface area contributed by atoms with Gasteiger partial charge in [-0.25, -0.2) is 0 Å². The lowest BCUT2D eigenvalue weighted by atomic mass is 10.0. The van der Waals surface area contributed by atoms with E-state index in [2.05, 4.69) is 13.8 Å². The molecule has 0 aliphatic rings. The van der Waals surface area contributed by atoms with E-state index in [1.54, 1.807) is 7.11 Å². The summed E-state index contributed by atoms with van der Waals surface area (Å²) in [5.74, 6) is 2.14. The molecule has 0 saturated heterocycles. The molecule has 1 aromatic rings. The molecule has 2 nitrogen and oxygen atoms in total. The van der Waals surface area contributed by atoms with E-state index in [1.807, 2.05) is 19.1 Å². The lowest BCUT2D eigenvalue weighted by molar-refractivity contribution is 0.231. The molecule has 21 heavy (non-hydrogen) atoms. The number of rotatable bonds is 9. The largest absolute Gasteiger partial charge is 0.496 e. The number of hydrogen-bond acceptors (Lipinski definition) is 2. The number of aryl methyl sites for hydroxylation is 1. The third kappa shape index (κ3) is 5.60. The highest BCUT2D eigenvalue weighted by atomic mass is 35.5. The van der Waals surface area contributed by atoms with E-state index >= 15 is 0 Å². The highest BCUT2D eigenvalue weighted by Crippen LogP contribution is 2.37. The smallest absolute Gasteiger partial charge is 0.136 e. The Labute approximate surface area is 138 Å². The molecule has 0 aliphatic heterocycles. The minimum absolute atomic E-state index is 0.595. The Morgan fingerprint density at radius 2 is 1.86 bits per heavy atom. The van der Waals surface area contributed by atoms with Crippen LogP contribution in [0, 0.1) is 12.8 Å². The van der Waals surface area contributed by atoms with Crippen LogP contribution in [0.1, 0.15) is 55.5 Å². The molecule has 0 heterocycles. The van der Waals surface area contributed by atoms with Gasteiger partial charge in [0.05, 0.1) is 13.7 Å². The summed E-state index contributed by atoms with van der Waals surface area (Å²) >= 11 is 12.0. The Morgan fingerprint density at radius 1 is 1.14 bits per heavy atom. The van der Waals surface area contributed by atoms with Crippen molar-refractivity contribution in [2.75, 3.05) is 13.7 Å². The Kier molecular flexibility index (Phi) is 8.28. The van der Waals surface area contributed by atoms with Gasteiger partial charge in [0.25, 0.3) is 0 Å². The van der Waals surface area contributed by atoms with Crippen LogP contribution in [-0.4, -0.2) is 13.7 Å². The van der Waals surface area contributed by atoms with Crippen molar-refractivity contribution in [2.45, 2.75) is 51.3 Å². The first-order valence-corrected chi connectivity index (χ1v) is 8.50. The van der Waals surface area contributed by atoms with Gasteiger partial charge in [-0.05, 0) is 37.0 Å². The fourth-order valence-electron chi connectivity index (χ4n) is 2.29. The molecule has 1 rings (SSSR count). The average Bonchev–Trinajstić information content (AvgIpc) is 2.47. The zero-order chi connectivity index (χ0) is 15.8. The van der Waals surface area contributed by atoms with E-state index in [1.165, 1.54) is 19.3 Å². The highest BCUT2D eigenvalue weighted by molar-refractivity contribution is 6.44. The summed E-state index contributed by atoms with van der Waals surface area (Å²) in [5, 5.41) is 0. The van der Waals surface area contributed by atoms with Gasteiger partial charge in [-0.1, -0.05) is 56.3 Å². The molecule has 0 aromatic heterocycles.